The predicted molar refractivity (Wildman–Crippen MR) is 79.9 cm³/mol. The Kier molecular flexibility index (Phi) is 2.65. The lowest BCUT2D eigenvalue weighted by atomic mass is 10.1. The molecule has 0 unspecified atom stereocenters. The summed E-state index contributed by atoms with van der Waals surface area (Å²) >= 11 is 6.20. The van der Waals surface area contributed by atoms with Crippen LogP contribution in [-0.4, -0.2) is 26.4 Å². The minimum absolute atomic E-state index is 0.477. The molecule has 0 amide bonds. The largest absolute Gasteiger partial charge is 0.493 e. The van der Waals surface area contributed by atoms with Crippen molar-refractivity contribution < 1.29 is 4.74 Å². The zero-order chi connectivity index (χ0) is 14.6. The number of aromatic nitrogens is 4. The molecule has 0 atom stereocenters. The fraction of sp³-hybridized carbons (Fsp3) is 0.267. The van der Waals surface area contributed by atoms with E-state index in [0.717, 1.165) is 41.1 Å². The van der Waals surface area contributed by atoms with Crippen molar-refractivity contribution in [3.63, 3.8) is 0 Å². The molecule has 0 aliphatic carbocycles. The molecular formula is C15H13ClN4O. The lowest BCUT2D eigenvalue weighted by Crippen LogP contribution is -2.00. The van der Waals surface area contributed by atoms with Gasteiger partial charge in [-0.05, 0) is 43.2 Å². The van der Waals surface area contributed by atoms with Crippen molar-refractivity contribution in [1.29, 1.82) is 0 Å². The molecule has 0 bridgehead atoms. The summed E-state index contributed by atoms with van der Waals surface area (Å²) in [6, 6.07) is 6.04. The van der Waals surface area contributed by atoms with E-state index in [1.54, 1.807) is 4.52 Å². The van der Waals surface area contributed by atoms with E-state index >= 15 is 0 Å². The summed E-state index contributed by atoms with van der Waals surface area (Å²) in [5, 5.41) is 13.4. The number of fused-ring (bicyclic) bond motifs is 2. The molecule has 0 saturated heterocycles. The van der Waals surface area contributed by atoms with Crippen LogP contribution in [0.5, 0.6) is 5.75 Å². The highest BCUT2D eigenvalue weighted by molar-refractivity contribution is 6.30. The van der Waals surface area contributed by atoms with Crippen LogP contribution in [0.3, 0.4) is 0 Å². The standard InChI is InChI=1S/C15H13ClN4O/c1-8-9(2)14-17-18-15(20(14)19-13(8)16)11-3-4-12-10(7-11)5-6-21-12/h3-4,7H,5-6H2,1-2H3. The smallest absolute Gasteiger partial charge is 0.185 e. The van der Waals surface area contributed by atoms with Crippen molar-refractivity contribution >= 4 is 17.2 Å². The topological polar surface area (TPSA) is 52.3 Å². The van der Waals surface area contributed by atoms with Crippen molar-refractivity contribution in [2.75, 3.05) is 6.61 Å². The number of nitrogens with zero attached hydrogens (tertiary/aromatic N) is 4. The van der Waals surface area contributed by atoms with Gasteiger partial charge in [0.05, 0.1) is 6.61 Å². The quantitative estimate of drug-likeness (QED) is 0.693. The van der Waals surface area contributed by atoms with E-state index in [1.165, 1.54) is 5.56 Å². The van der Waals surface area contributed by atoms with E-state index in [-0.39, 0.29) is 0 Å². The molecule has 21 heavy (non-hydrogen) atoms. The molecule has 1 aromatic carbocycles. The van der Waals surface area contributed by atoms with E-state index in [9.17, 15) is 0 Å². The molecule has 106 valence electrons. The van der Waals surface area contributed by atoms with Gasteiger partial charge in [0.2, 0.25) is 0 Å². The lowest BCUT2D eigenvalue weighted by Gasteiger charge is -2.06. The highest BCUT2D eigenvalue weighted by Crippen LogP contribution is 2.30. The second-order valence-electron chi connectivity index (χ2n) is 5.22. The Balaban J connectivity index is 1.95. The first kappa shape index (κ1) is 12.6. The molecule has 2 aromatic heterocycles. The van der Waals surface area contributed by atoms with Crippen molar-refractivity contribution in [3.05, 3.63) is 40.0 Å². The molecule has 3 heterocycles. The monoisotopic (exact) mass is 300 g/mol. The first-order valence-electron chi connectivity index (χ1n) is 6.79. The molecule has 0 N–H and O–H groups in total. The second-order valence-corrected chi connectivity index (χ2v) is 5.58. The van der Waals surface area contributed by atoms with E-state index in [4.69, 9.17) is 16.3 Å². The molecular weight excluding hydrogens is 288 g/mol. The average molecular weight is 301 g/mol. The number of benzene rings is 1. The fourth-order valence-corrected chi connectivity index (χ4v) is 2.82. The molecule has 0 radical (unpaired) electrons. The summed E-state index contributed by atoms with van der Waals surface area (Å²) in [7, 11) is 0. The van der Waals surface area contributed by atoms with Crippen LogP contribution < -0.4 is 4.74 Å². The minimum atomic E-state index is 0.477. The van der Waals surface area contributed by atoms with Crippen LogP contribution in [0.15, 0.2) is 18.2 Å². The maximum atomic E-state index is 6.20. The third-order valence-electron chi connectivity index (χ3n) is 3.98. The summed E-state index contributed by atoms with van der Waals surface area (Å²) in [6.45, 7) is 4.65. The van der Waals surface area contributed by atoms with Crippen LogP contribution in [-0.2, 0) is 6.42 Å². The van der Waals surface area contributed by atoms with Crippen molar-refractivity contribution in [2.45, 2.75) is 20.3 Å². The van der Waals surface area contributed by atoms with Gasteiger partial charge in [0, 0.05) is 17.5 Å². The highest BCUT2D eigenvalue weighted by atomic mass is 35.5. The van der Waals surface area contributed by atoms with Gasteiger partial charge in [-0.3, -0.25) is 0 Å². The molecule has 6 heteroatoms. The van der Waals surface area contributed by atoms with Crippen molar-refractivity contribution in [2.24, 2.45) is 0 Å². The molecule has 0 spiro atoms. The van der Waals surface area contributed by atoms with Crippen LogP contribution in [0, 0.1) is 13.8 Å². The van der Waals surface area contributed by atoms with Crippen LogP contribution in [0.4, 0.5) is 0 Å². The SMILES string of the molecule is Cc1c(Cl)nn2c(-c3ccc4c(c3)CCO4)nnc2c1C. The fourth-order valence-electron chi connectivity index (χ4n) is 2.60. The van der Waals surface area contributed by atoms with E-state index in [0.29, 0.717) is 11.0 Å². The Morgan fingerprint density at radius 3 is 2.90 bits per heavy atom. The van der Waals surface area contributed by atoms with Gasteiger partial charge in [-0.25, -0.2) is 0 Å². The lowest BCUT2D eigenvalue weighted by molar-refractivity contribution is 0.357. The van der Waals surface area contributed by atoms with Gasteiger partial charge in [-0.1, -0.05) is 11.6 Å². The van der Waals surface area contributed by atoms with Crippen molar-refractivity contribution in [3.8, 4) is 17.1 Å². The van der Waals surface area contributed by atoms with Crippen LogP contribution in [0.1, 0.15) is 16.7 Å². The predicted octanol–water partition coefficient (Wildman–Crippen LogP) is 3.00. The summed E-state index contributed by atoms with van der Waals surface area (Å²) < 4.78 is 7.24. The van der Waals surface area contributed by atoms with E-state index in [1.807, 2.05) is 26.0 Å². The van der Waals surface area contributed by atoms with Gasteiger partial charge in [0.25, 0.3) is 0 Å². The summed E-state index contributed by atoms with van der Waals surface area (Å²) in [5.41, 5.74) is 4.84. The molecule has 5 nitrogen and oxygen atoms in total. The van der Waals surface area contributed by atoms with Gasteiger partial charge < -0.3 is 4.74 Å². The number of aryl methyl sites for hydroxylation is 1. The van der Waals surface area contributed by atoms with E-state index in [2.05, 4.69) is 21.4 Å². The summed E-state index contributed by atoms with van der Waals surface area (Å²) in [5.74, 6) is 1.65. The normalized spacial score (nSPS) is 13.5. The molecule has 1 aliphatic rings. The van der Waals surface area contributed by atoms with Gasteiger partial charge in [-0.2, -0.15) is 9.61 Å². The number of rotatable bonds is 1. The molecule has 3 aromatic rings. The Hall–Kier alpha value is -2.14. The number of ether oxygens (including phenoxy) is 1. The average Bonchev–Trinajstić information content (AvgIpc) is 3.10. The molecule has 4 rings (SSSR count). The van der Waals surface area contributed by atoms with Gasteiger partial charge in [0.15, 0.2) is 16.6 Å². The first-order chi connectivity index (χ1) is 10.1. The maximum Gasteiger partial charge on any atom is 0.185 e. The maximum absolute atomic E-state index is 6.20. The Labute approximate surface area is 126 Å². The first-order valence-corrected chi connectivity index (χ1v) is 7.17. The molecule has 0 fully saturated rings. The van der Waals surface area contributed by atoms with Gasteiger partial charge in [-0.15, -0.1) is 10.2 Å². The third kappa shape index (κ3) is 1.81. The second kappa shape index (κ2) is 4.43. The molecule has 1 aliphatic heterocycles. The third-order valence-corrected chi connectivity index (χ3v) is 4.34. The van der Waals surface area contributed by atoms with Gasteiger partial charge in [0.1, 0.15) is 5.75 Å². The minimum Gasteiger partial charge on any atom is -0.493 e. The Bertz CT molecular complexity index is 872. The Morgan fingerprint density at radius 2 is 2.05 bits per heavy atom. The zero-order valence-corrected chi connectivity index (χ0v) is 12.5. The molecule has 0 saturated carbocycles. The van der Waals surface area contributed by atoms with Crippen LogP contribution in [0.2, 0.25) is 5.15 Å². The number of hydrogen-bond acceptors (Lipinski definition) is 4. The highest BCUT2D eigenvalue weighted by Gasteiger charge is 2.18. The van der Waals surface area contributed by atoms with Crippen molar-refractivity contribution in [1.82, 2.24) is 19.8 Å². The van der Waals surface area contributed by atoms with Crippen LogP contribution >= 0.6 is 11.6 Å². The zero-order valence-electron chi connectivity index (χ0n) is 11.7. The Morgan fingerprint density at radius 1 is 1.19 bits per heavy atom. The summed E-state index contributed by atoms with van der Waals surface area (Å²) in [4.78, 5) is 0. The van der Waals surface area contributed by atoms with Gasteiger partial charge >= 0.3 is 0 Å². The van der Waals surface area contributed by atoms with Crippen LogP contribution in [0.25, 0.3) is 17.0 Å². The number of hydrogen-bond donors (Lipinski definition) is 0. The summed E-state index contributed by atoms with van der Waals surface area (Å²) in [6.07, 6.45) is 0.923. The number of halogens is 1. The van der Waals surface area contributed by atoms with E-state index < -0.39 is 0 Å².